The van der Waals surface area contributed by atoms with Crippen molar-refractivity contribution in [3.63, 3.8) is 0 Å². The highest BCUT2D eigenvalue weighted by Crippen LogP contribution is 2.29. The molecule has 0 spiro atoms. The summed E-state index contributed by atoms with van der Waals surface area (Å²) in [5, 5.41) is 14.5. The molecular weight excluding hydrogens is 877 g/mol. The molecule has 0 atom stereocenters. The molecule has 2 aliphatic rings. The Kier molecular flexibility index (Phi) is 15.8. The van der Waals surface area contributed by atoms with Crippen LogP contribution in [0.3, 0.4) is 0 Å². The number of benzene rings is 4. The molecule has 2 heterocycles. The molecule has 0 saturated carbocycles. The first kappa shape index (κ1) is 44.7. The molecule has 6 rings (SSSR count). The number of hydrogen-bond acceptors (Lipinski definition) is 9. The van der Waals surface area contributed by atoms with Crippen molar-refractivity contribution in [2.24, 2.45) is 0 Å². The zero-order valence-corrected chi connectivity index (χ0v) is 35.6. The molecule has 19 heteroatoms. The lowest BCUT2D eigenvalue weighted by Crippen LogP contribution is -2.48. The SMILES string of the molecule is CS(=O)(=O)c1ccc(Cl)c(C(=O)N2CCN(c3ccc(Cl)c(Cl)c3)CC2)c1.CS(=O)(=O)c1ccc(Cl)c(C(=O)O)c1.Clc1ccc(N2CCNCC2)cc1Cl. The van der Waals surface area contributed by atoms with Gasteiger partial charge in [-0.1, -0.05) is 69.6 Å². The van der Waals surface area contributed by atoms with Gasteiger partial charge in [0.1, 0.15) is 0 Å². The fourth-order valence-corrected chi connectivity index (χ4v) is 7.70. The molecule has 2 fully saturated rings. The van der Waals surface area contributed by atoms with Crippen LogP contribution in [0.1, 0.15) is 20.7 Å². The summed E-state index contributed by atoms with van der Waals surface area (Å²) in [6.45, 7) is 6.31. The number of piperazine rings is 2. The summed E-state index contributed by atoms with van der Waals surface area (Å²) in [6.07, 6.45) is 2.10. The largest absolute Gasteiger partial charge is 0.478 e. The summed E-state index contributed by atoms with van der Waals surface area (Å²) in [5.41, 5.74) is 2.08. The minimum atomic E-state index is -3.42. The van der Waals surface area contributed by atoms with Gasteiger partial charge in [0.2, 0.25) is 0 Å². The van der Waals surface area contributed by atoms with E-state index in [1.807, 2.05) is 24.3 Å². The van der Waals surface area contributed by atoms with Crippen LogP contribution < -0.4 is 15.1 Å². The van der Waals surface area contributed by atoms with Gasteiger partial charge < -0.3 is 25.1 Å². The maximum atomic E-state index is 12.8. The lowest BCUT2D eigenvalue weighted by molar-refractivity contribution is 0.0695. The van der Waals surface area contributed by atoms with Crippen molar-refractivity contribution in [3.8, 4) is 0 Å². The Bertz CT molecular complexity index is 2270. The molecule has 55 heavy (non-hydrogen) atoms. The van der Waals surface area contributed by atoms with E-state index in [9.17, 15) is 26.4 Å². The average Bonchev–Trinajstić information content (AvgIpc) is 3.14. The molecule has 1 amide bonds. The number of amides is 1. The smallest absolute Gasteiger partial charge is 0.337 e. The third kappa shape index (κ3) is 12.5. The van der Waals surface area contributed by atoms with Crippen LogP contribution in [0.2, 0.25) is 30.1 Å². The number of anilines is 2. The minimum Gasteiger partial charge on any atom is -0.478 e. The molecule has 296 valence electrons. The second kappa shape index (κ2) is 19.4. The van der Waals surface area contributed by atoms with Crippen LogP contribution in [-0.4, -0.2) is 104 Å². The topological polar surface area (TPSA) is 144 Å². The van der Waals surface area contributed by atoms with Gasteiger partial charge in [0, 0.05) is 76.2 Å². The number of carbonyl (C=O) groups is 2. The number of nitrogens with zero attached hydrogens (tertiary/aromatic N) is 3. The van der Waals surface area contributed by atoms with Gasteiger partial charge in [0.15, 0.2) is 19.7 Å². The number of sulfone groups is 2. The van der Waals surface area contributed by atoms with Gasteiger partial charge in [0.05, 0.1) is 51.1 Å². The van der Waals surface area contributed by atoms with Gasteiger partial charge in [-0.3, -0.25) is 4.79 Å². The number of carboxylic acids is 1. The standard InChI is InChI=1S/C18H17Cl3N2O3S.C10H12Cl2N2.C8H7ClO4S/c1-27(25,26)13-3-5-15(19)14(11-13)18(24)23-8-6-22(7-9-23)12-2-4-16(20)17(21)10-12;11-9-2-1-8(7-10(9)12)14-5-3-13-4-6-14;1-14(12,13)5-2-3-7(9)6(4-5)8(10)11/h2-5,10-11H,6-9H2,1H3;1-2,7,13H,3-6H2;2-4H,1H3,(H,10,11). The van der Waals surface area contributed by atoms with Gasteiger partial charge in [0.25, 0.3) is 5.91 Å². The Balaban J connectivity index is 0.000000202. The highest BCUT2D eigenvalue weighted by atomic mass is 35.5. The fourth-order valence-electron chi connectivity index (χ4n) is 5.42. The van der Waals surface area contributed by atoms with Crippen molar-refractivity contribution < 1.29 is 31.5 Å². The first-order valence-electron chi connectivity index (χ1n) is 16.4. The quantitative estimate of drug-likeness (QED) is 0.196. The zero-order chi connectivity index (χ0) is 40.7. The third-order valence-electron chi connectivity index (χ3n) is 8.41. The summed E-state index contributed by atoms with van der Waals surface area (Å²) >= 11 is 35.5. The molecule has 0 aliphatic carbocycles. The van der Waals surface area contributed by atoms with Crippen LogP contribution in [0.25, 0.3) is 0 Å². The van der Waals surface area contributed by atoms with Crippen LogP contribution in [-0.2, 0) is 19.7 Å². The van der Waals surface area contributed by atoms with Gasteiger partial charge in [-0.15, -0.1) is 0 Å². The summed E-state index contributed by atoms with van der Waals surface area (Å²) in [5.74, 6) is -1.53. The van der Waals surface area contributed by atoms with E-state index in [0.717, 1.165) is 56.1 Å². The first-order valence-corrected chi connectivity index (χ1v) is 22.4. The van der Waals surface area contributed by atoms with E-state index in [4.69, 9.17) is 74.7 Å². The normalized spacial score (nSPS) is 14.7. The van der Waals surface area contributed by atoms with E-state index in [-0.39, 0.29) is 36.9 Å². The van der Waals surface area contributed by atoms with Crippen molar-refractivity contribution in [2.75, 3.05) is 74.7 Å². The summed E-state index contributed by atoms with van der Waals surface area (Å²) < 4.78 is 45.7. The third-order valence-corrected chi connectivity index (χ3v) is 12.8. The molecule has 0 radical (unpaired) electrons. The van der Waals surface area contributed by atoms with Crippen molar-refractivity contribution in [1.29, 1.82) is 0 Å². The van der Waals surface area contributed by atoms with E-state index >= 15 is 0 Å². The van der Waals surface area contributed by atoms with Gasteiger partial charge >= 0.3 is 5.97 Å². The van der Waals surface area contributed by atoms with Gasteiger partial charge in [-0.25, -0.2) is 21.6 Å². The number of carbonyl (C=O) groups excluding carboxylic acids is 1. The van der Waals surface area contributed by atoms with E-state index in [2.05, 4.69) is 15.1 Å². The first-order chi connectivity index (χ1) is 25.8. The minimum absolute atomic E-state index is 0.0184. The van der Waals surface area contributed by atoms with Crippen LogP contribution in [0.5, 0.6) is 0 Å². The Morgan fingerprint density at radius 3 is 1.36 bits per heavy atom. The Labute approximate surface area is 350 Å². The molecule has 0 unspecified atom stereocenters. The van der Waals surface area contributed by atoms with E-state index < -0.39 is 25.6 Å². The highest BCUT2D eigenvalue weighted by molar-refractivity contribution is 7.91. The zero-order valence-electron chi connectivity index (χ0n) is 29.4. The van der Waals surface area contributed by atoms with Crippen molar-refractivity contribution in [1.82, 2.24) is 10.2 Å². The Hall–Kier alpha value is -2.98. The number of hydrogen-bond donors (Lipinski definition) is 2. The lowest BCUT2D eigenvalue weighted by atomic mass is 10.1. The molecule has 11 nitrogen and oxygen atoms in total. The van der Waals surface area contributed by atoms with Crippen molar-refractivity contribution in [2.45, 2.75) is 9.79 Å². The average molecular weight is 914 g/mol. The molecule has 4 aromatic rings. The van der Waals surface area contributed by atoms with E-state index in [1.54, 1.807) is 17.0 Å². The number of carboxylic acid groups (broad SMARTS) is 1. The number of rotatable bonds is 6. The molecule has 2 saturated heterocycles. The Morgan fingerprint density at radius 2 is 0.945 bits per heavy atom. The maximum Gasteiger partial charge on any atom is 0.337 e. The van der Waals surface area contributed by atoms with Crippen LogP contribution in [0, 0.1) is 0 Å². The van der Waals surface area contributed by atoms with Crippen molar-refractivity contribution >= 4 is 113 Å². The van der Waals surface area contributed by atoms with Crippen molar-refractivity contribution in [3.05, 3.63) is 114 Å². The predicted molar refractivity (Wildman–Crippen MR) is 222 cm³/mol. The fraction of sp³-hybridized carbons (Fsp3) is 0.278. The molecule has 2 N–H and O–H groups in total. The second-order valence-electron chi connectivity index (χ2n) is 12.3. The number of nitrogens with one attached hydrogen (secondary N) is 1. The molecule has 0 aromatic heterocycles. The monoisotopic (exact) mass is 910 g/mol. The molecule has 0 bridgehead atoms. The second-order valence-corrected chi connectivity index (χ2v) is 18.8. The Morgan fingerprint density at radius 1 is 0.545 bits per heavy atom. The maximum absolute atomic E-state index is 12.8. The molecular formula is C36H36Cl6N4O7S2. The summed E-state index contributed by atoms with van der Waals surface area (Å²) in [6, 6.07) is 19.0. The van der Waals surface area contributed by atoms with E-state index in [1.165, 1.54) is 30.3 Å². The van der Waals surface area contributed by atoms with Crippen LogP contribution >= 0.6 is 69.6 Å². The van der Waals surface area contributed by atoms with Crippen LogP contribution in [0.4, 0.5) is 11.4 Å². The van der Waals surface area contributed by atoms with Crippen LogP contribution in [0.15, 0.2) is 82.6 Å². The highest BCUT2D eigenvalue weighted by Gasteiger charge is 2.25. The lowest BCUT2D eigenvalue weighted by Gasteiger charge is -2.36. The van der Waals surface area contributed by atoms with E-state index in [0.29, 0.717) is 46.3 Å². The summed E-state index contributed by atoms with van der Waals surface area (Å²) in [7, 11) is -6.82. The van der Waals surface area contributed by atoms with Gasteiger partial charge in [-0.05, 0) is 72.8 Å². The number of halogens is 6. The summed E-state index contributed by atoms with van der Waals surface area (Å²) in [4.78, 5) is 29.6. The predicted octanol–water partition coefficient (Wildman–Crippen LogP) is 7.86. The number of aromatic carboxylic acids is 1. The molecule has 4 aromatic carbocycles. The molecule has 2 aliphatic heterocycles. The van der Waals surface area contributed by atoms with Gasteiger partial charge in [-0.2, -0.15) is 0 Å².